The summed E-state index contributed by atoms with van der Waals surface area (Å²) in [5.41, 5.74) is 0.198. The molecule has 47 heavy (non-hydrogen) atoms. The number of nitrogens with zero attached hydrogens (tertiary/aromatic N) is 4. The summed E-state index contributed by atoms with van der Waals surface area (Å²) in [6.07, 6.45) is -3.95. The number of rotatable bonds is 16. The van der Waals surface area contributed by atoms with Gasteiger partial charge in [0.1, 0.15) is 41.9 Å². The smallest absolute Gasteiger partial charge is 0.361 e. The summed E-state index contributed by atoms with van der Waals surface area (Å²) in [6.45, 7) is 0.987. The lowest BCUT2D eigenvalue weighted by molar-refractivity contribution is -0.152. The van der Waals surface area contributed by atoms with Gasteiger partial charge >= 0.3 is 19.5 Å². The Morgan fingerprint density at radius 1 is 1.17 bits per heavy atom. The molecule has 0 spiro atoms. The lowest BCUT2D eigenvalue weighted by Crippen LogP contribution is -2.34. The maximum atomic E-state index is 14.1. The molecule has 0 unspecified atom stereocenters. The van der Waals surface area contributed by atoms with Crippen LogP contribution in [0.2, 0.25) is 5.15 Å². The number of ether oxygens (including phenoxy) is 4. The van der Waals surface area contributed by atoms with Crippen LogP contribution in [0.1, 0.15) is 57.7 Å². The fourth-order valence-corrected chi connectivity index (χ4v) is 6.26. The number of anilines is 1. The third-order valence-corrected chi connectivity index (χ3v) is 9.15. The first-order valence-corrected chi connectivity index (χ1v) is 16.9. The summed E-state index contributed by atoms with van der Waals surface area (Å²) in [7, 11) is -4.19. The van der Waals surface area contributed by atoms with E-state index in [0.717, 1.165) is 0 Å². The molecule has 2 aromatic heterocycles. The number of nitriles is 1. The van der Waals surface area contributed by atoms with Crippen molar-refractivity contribution in [3.8, 4) is 6.07 Å². The van der Waals surface area contributed by atoms with E-state index in [9.17, 15) is 38.4 Å². The minimum Gasteiger partial charge on any atom is -0.438 e. The van der Waals surface area contributed by atoms with Crippen molar-refractivity contribution in [2.24, 2.45) is 0 Å². The van der Waals surface area contributed by atoms with Crippen molar-refractivity contribution >= 4 is 47.9 Å². The number of alkyl halides is 2. The van der Waals surface area contributed by atoms with E-state index >= 15 is 0 Å². The van der Waals surface area contributed by atoms with Gasteiger partial charge in [-0.3, -0.25) is 23.2 Å². The highest BCUT2D eigenvalue weighted by Gasteiger charge is 2.45. The molecule has 0 aromatic carbocycles. The third kappa shape index (κ3) is 8.95. The molecule has 2 fully saturated rings. The maximum absolute atomic E-state index is 14.1. The Morgan fingerprint density at radius 2 is 1.81 bits per heavy atom. The van der Waals surface area contributed by atoms with Gasteiger partial charge in [-0.05, 0) is 18.9 Å². The number of hydrogen-bond acceptors (Lipinski definition) is 14. The van der Waals surface area contributed by atoms with E-state index < -0.39 is 89.5 Å². The molecule has 2 N–H and O–H groups in total. The predicted molar refractivity (Wildman–Crippen MR) is 159 cm³/mol. The number of pyridine rings is 1. The van der Waals surface area contributed by atoms with Gasteiger partial charge in [0.25, 0.3) is 5.92 Å². The van der Waals surface area contributed by atoms with Crippen molar-refractivity contribution in [2.75, 3.05) is 44.5 Å². The first-order chi connectivity index (χ1) is 22.3. The zero-order chi connectivity index (χ0) is 34.4. The molecule has 0 aliphatic carbocycles. The topological polar surface area (TPSA) is 192 Å². The molecule has 0 bridgehead atoms. The van der Waals surface area contributed by atoms with E-state index in [-0.39, 0.29) is 41.4 Å². The Bertz CT molecular complexity index is 1500. The second kappa shape index (κ2) is 16.0. The number of carbonyl (C=O) groups is 2. The molecule has 2 aromatic rings. The van der Waals surface area contributed by atoms with Gasteiger partial charge in [0.15, 0.2) is 11.4 Å². The second-order valence-electron chi connectivity index (χ2n) is 10.9. The van der Waals surface area contributed by atoms with Crippen molar-refractivity contribution < 1.29 is 61.1 Å². The van der Waals surface area contributed by atoms with E-state index in [1.807, 2.05) is 6.07 Å². The summed E-state index contributed by atoms with van der Waals surface area (Å²) in [4.78, 5) is 28.9. The van der Waals surface area contributed by atoms with Gasteiger partial charge in [-0.15, -0.1) is 0 Å². The Kier molecular flexibility index (Phi) is 12.5. The third-order valence-electron chi connectivity index (χ3n) is 7.38. The SMILES string of the molecule is CCCC(=O)OCOP(=O)(COC[C@H]1O[C@@H](n2ccc3c(N4CCC(F)(F)C4)c(C#N)c(Cl)nc32)[C@H](O)[C@@H]1O)OCOC(=O)CCC. The Morgan fingerprint density at radius 3 is 2.36 bits per heavy atom. The van der Waals surface area contributed by atoms with Crippen molar-refractivity contribution in [1.29, 1.82) is 5.26 Å². The Hall–Kier alpha value is -2.94. The molecule has 260 valence electrons. The average molecular weight is 709 g/mol. The monoisotopic (exact) mass is 708 g/mol. The maximum Gasteiger partial charge on any atom is 0.361 e. The highest BCUT2D eigenvalue weighted by Crippen LogP contribution is 2.48. The summed E-state index contributed by atoms with van der Waals surface area (Å²) < 4.78 is 74.2. The van der Waals surface area contributed by atoms with E-state index in [2.05, 4.69) is 4.98 Å². The largest absolute Gasteiger partial charge is 0.438 e. The van der Waals surface area contributed by atoms with Gasteiger partial charge in [0.05, 0.1) is 18.8 Å². The van der Waals surface area contributed by atoms with Crippen molar-refractivity contribution in [2.45, 2.75) is 76.4 Å². The molecule has 0 saturated carbocycles. The number of aromatic nitrogens is 2. The minimum atomic E-state index is -4.19. The zero-order valence-electron chi connectivity index (χ0n) is 25.7. The van der Waals surface area contributed by atoms with Crippen LogP contribution in [0.25, 0.3) is 11.0 Å². The summed E-state index contributed by atoms with van der Waals surface area (Å²) >= 11 is 6.30. The van der Waals surface area contributed by atoms with Crippen LogP contribution < -0.4 is 4.90 Å². The van der Waals surface area contributed by atoms with Crippen LogP contribution in [0.5, 0.6) is 0 Å². The second-order valence-corrected chi connectivity index (χ2v) is 13.3. The quantitative estimate of drug-likeness (QED) is 0.111. The molecular weight excluding hydrogens is 673 g/mol. The molecule has 2 aliphatic rings. The minimum absolute atomic E-state index is 0.0252. The summed E-state index contributed by atoms with van der Waals surface area (Å²) in [5, 5.41) is 31.4. The van der Waals surface area contributed by atoms with Gasteiger partial charge in [-0.2, -0.15) is 5.26 Å². The standard InChI is InChI=1S/C28H36ClF2N4O11P/c1-3-5-20(36)42-14-44-47(40,45-15-43-21(37)6-4-2)16-41-12-19-23(38)24(39)27(46-19)35-9-7-17-22(34-10-8-28(30,31)13-34)18(11-32)25(29)33-26(17)35/h7,9,19,23-24,27,38-39H,3-6,8,10,12-16H2,1-2H3/t19-,23-,24-,27-/m1/s1. The molecule has 15 nitrogen and oxygen atoms in total. The molecular formula is C28H36ClF2N4O11P. The van der Waals surface area contributed by atoms with Crippen LogP contribution in [0.15, 0.2) is 12.3 Å². The molecule has 19 heteroatoms. The number of esters is 2. The van der Waals surface area contributed by atoms with Crippen LogP contribution in [0.4, 0.5) is 14.5 Å². The summed E-state index contributed by atoms with van der Waals surface area (Å²) in [5.74, 6) is -4.16. The van der Waals surface area contributed by atoms with E-state index in [4.69, 9.17) is 39.6 Å². The van der Waals surface area contributed by atoms with Crippen molar-refractivity contribution in [3.05, 3.63) is 23.0 Å². The van der Waals surface area contributed by atoms with Crippen LogP contribution in [0, 0.1) is 11.3 Å². The van der Waals surface area contributed by atoms with E-state index in [0.29, 0.717) is 18.2 Å². The van der Waals surface area contributed by atoms with Gasteiger partial charge in [0.2, 0.25) is 13.6 Å². The Labute approximate surface area is 273 Å². The highest BCUT2D eigenvalue weighted by molar-refractivity contribution is 7.53. The fourth-order valence-electron chi connectivity index (χ4n) is 5.07. The average Bonchev–Trinajstić information content (AvgIpc) is 3.67. The molecule has 4 atom stereocenters. The molecule has 4 heterocycles. The number of carbonyl (C=O) groups excluding carboxylic acids is 2. The van der Waals surface area contributed by atoms with Crippen molar-refractivity contribution in [3.63, 3.8) is 0 Å². The van der Waals surface area contributed by atoms with Gasteiger partial charge in [-0.1, -0.05) is 25.4 Å². The number of aliphatic hydroxyl groups excluding tert-OH is 2. The van der Waals surface area contributed by atoms with Gasteiger partial charge in [0, 0.05) is 37.4 Å². The van der Waals surface area contributed by atoms with E-state index in [1.54, 1.807) is 13.8 Å². The number of halogens is 3. The predicted octanol–water partition coefficient (Wildman–Crippen LogP) is 3.83. The van der Waals surface area contributed by atoms with Crippen LogP contribution >= 0.6 is 19.2 Å². The lowest BCUT2D eigenvalue weighted by Gasteiger charge is -2.22. The van der Waals surface area contributed by atoms with Crippen molar-refractivity contribution in [1.82, 2.24) is 9.55 Å². The van der Waals surface area contributed by atoms with E-state index in [1.165, 1.54) is 21.7 Å². The Balaban J connectivity index is 1.45. The number of hydrogen-bond donors (Lipinski definition) is 2. The number of aliphatic hydroxyl groups is 2. The molecule has 2 saturated heterocycles. The first kappa shape index (κ1) is 36.9. The van der Waals surface area contributed by atoms with Gasteiger partial charge < -0.3 is 38.6 Å². The molecule has 0 radical (unpaired) electrons. The molecule has 0 amide bonds. The highest BCUT2D eigenvalue weighted by atomic mass is 35.5. The van der Waals surface area contributed by atoms with Crippen LogP contribution in [-0.2, 0) is 42.1 Å². The molecule has 2 aliphatic heterocycles. The fraction of sp³-hybridized carbons (Fsp3) is 0.643. The van der Waals surface area contributed by atoms with Crippen LogP contribution in [0.3, 0.4) is 0 Å². The van der Waals surface area contributed by atoms with Gasteiger partial charge in [-0.25, -0.2) is 13.8 Å². The summed E-state index contributed by atoms with van der Waals surface area (Å²) in [6, 6.07) is 3.44. The lowest BCUT2D eigenvalue weighted by atomic mass is 10.1. The molecule has 4 rings (SSSR count). The number of fused-ring (bicyclic) bond motifs is 1. The zero-order valence-corrected chi connectivity index (χ0v) is 27.3. The van der Waals surface area contributed by atoms with Crippen LogP contribution in [-0.4, -0.2) is 95.6 Å². The first-order valence-electron chi connectivity index (χ1n) is 14.8. The normalized spacial score (nSPS) is 22.5.